The Morgan fingerprint density at radius 2 is 1.86 bits per heavy atom. The number of aromatic nitrogens is 1. The molecule has 0 aliphatic carbocycles. The zero-order chi connectivity index (χ0) is 14.8. The van der Waals surface area contributed by atoms with E-state index in [-0.39, 0.29) is 0 Å². The number of rotatable bonds is 3. The maximum absolute atomic E-state index is 5.99. The number of hydrogen-bond donors (Lipinski definition) is 0. The summed E-state index contributed by atoms with van der Waals surface area (Å²) in [5.74, 6) is 0.914. The molecular formula is C18H16BrNO. The van der Waals surface area contributed by atoms with Crippen LogP contribution in [0, 0.1) is 13.8 Å². The van der Waals surface area contributed by atoms with Gasteiger partial charge in [-0.25, -0.2) is 0 Å². The normalized spacial score (nSPS) is 10.8. The lowest BCUT2D eigenvalue weighted by atomic mass is 10.1. The Morgan fingerprint density at radius 1 is 1.05 bits per heavy atom. The molecule has 1 heterocycles. The Morgan fingerprint density at radius 3 is 2.67 bits per heavy atom. The molecule has 0 aliphatic heterocycles. The average molecular weight is 342 g/mol. The van der Waals surface area contributed by atoms with Crippen LogP contribution in [0.15, 0.2) is 53.0 Å². The van der Waals surface area contributed by atoms with E-state index in [9.17, 15) is 0 Å². The van der Waals surface area contributed by atoms with Crippen LogP contribution in [0.1, 0.15) is 16.8 Å². The third kappa shape index (κ3) is 3.08. The SMILES string of the molecule is Cc1cc(COc2ccc(Br)cc2C)c2ccccc2n1. The predicted octanol–water partition coefficient (Wildman–Crippen LogP) is 5.19. The first-order valence-electron chi connectivity index (χ1n) is 6.88. The number of pyridine rings is 1. The number of halogens is 1. The smallest absolute Gasteiger partial charge is 0.122 e. The van der Waals surface area contributed by atoms with Crippen molar-refractivity contribution in [3.05, 3.63) is 69.8 Å². The molecule has 0 spiro atoms. The summed E-state index contributed by atoms with van der Waals surface area (Å²) in [5, 5.41) is 1.15. The minimum atomic E-state index is 0.548. The van der Waals surface area contributed by atoms with Crippen molar-refractivity contribution in [3.8, 4) is 5.75 Å². The number of fused-ring (bicyclic) bond motifs is 1. The van der Waals surface area contributed by atoms with Crippen LogP contribution in [0.4, 0.5) is 0 Å². The van der Waals surface area contributed by atoms with Gasteiger partial charge in [0.2, 0.25) is 0 Å². The quantitative estimate of drug-likeness (QED) is 0.653. The van der Waals surface area contributed by atoms with Gasteiger partial charge in [0.25, 0.3) is 0 Å². The zero-order valence-electron chi connectivity index (χ0n) is 12.1. The molecule has 0 saturated heterocycles. The lowest BCUT2D eigenvalue weighted by Crippen LogP contribution is -1.99. The molecule has 0 atom stereocenters. The van der Waals surface area contributed by atoms with Crippen LogP contribution in [0.5, 0.6) is 5.75 Å². The Kier molecular flexibility index (Phi) is 3.93. The van der Waals surface area contributed by atoms with Crippen LogP contribution in [0.2, 0.25) is 0 Å². The van der Waals surface area contributed by atoms with Crippen LogP contribution < -0.4 is 4.74 Å². The highest BCUT2D eigenvalue weighted by atomic mass is 79.9. The highest BCUT2D eigenvalue weighted by Crippen LogP contribution is 2.25. The molecule has 3 aromatic rings. The maximum Gasteiger partial charge on any atom is 0.122 e. The standard InChI is InChI=1S/C18H16BrNO/c1-12-9-15(19)7-8-18(12)21-11-14-10-13(2)20-17-6-4-3-5-16(14)17/h3-10H,11H2,1-2H3. The molecule has 0 fully saturated rings. The Labute approximate surface area is 132 Å². The second-order valence-electron chi connectivity index (χ2n) is 5.14. The van der Waals surface area contributed by atoms with Gasteiger partial charge < -0.3 is 4.74 Å². The number of para-hydroxylation sites is 1. The van der Waals surface area contributed by atoms with Crippen LogP contribution in [-0.2, 0) is 6.61 Å². The van der Waals surface area contributed by atoms with Crippen LogP contribution >= 0.6 is 15.9 Å². The molecule has 0 radical (unpaired) electrons. The predicted molar refractivity (Wildman–Crippen MR) is 89.7 cm³/mol. The number of aryl methyl sites for hydroxylation is 2. The molecule has 2 aromatic carbocycles. The molecular weight excluding hydrogens is 326 g/mol. The molecule has 0 unspecified atom stereocenters. The van der Waals surface area contributed by atoms with Gasteiger partial charge in [0.05, 0.1) is 5.52 Å². The van der Waals surface area contributed by atoms with Gasteiger partial charge in [-0.15, -0.1) is 0 Å². The Balaban J connectivity index is 1.91. The van der Waals surface area contributed by atoms with Crippen LogP contribution in [0.3, 0.4) is 0 Å². The van der Waals surface area contributed by atoms with E-state index in [0.29, 0.717) is 6.61 Å². The molecule has 0 saturated carbocycles. The lowest BCUT2D eigenvalue weighted by Gasteiger charge is -2.12. The summed E-state index contributed by atoms with van der Waals surface area (Å²) in [6.07, 6.45) is 0. The molecule has 3 heteroatoms. The van der Waals surface area contributed by atoms with E-state index in [1.165, 1.54) is 5.56 Å². The minimum Gasteiger partial charge on any atom is -0.489 e. The number of hydrogen-bond acceptors (Lipinski definition) is 2. The van der Waals surface area contributed by atoms with E-state index in [4.69, 9.17) is 4.74 Å². The van der Waals surface area contributed by atoms with Gasteiger partial charge in [-0.2, -0.15) is 0 Å². The van der Waals surface area contributed by atoms with Gasteiger partial charge in [-0.1, -0.05) is 34.1 Å². The fourth-order valence-electron chi connectivity index (χ4n) is 2.44. The van der Waals surface area contributed by atoms with Crippen LogP contribution in [0.25, 0.3) is 10.9 Å². The van der Waals surface area contributed by atoms with Gasteiger partial charge in [-0.05, 0) is 49.7 Å². The molecule has 106 valence electrons. The van der Waals surface area contributed by atoms with Gasteiger partial charge in [-0.3, -0.25) is 4.98 Å². The summed E-state index contributed by atoms with van der Waals surface area (Å²) in [7, 11) is 0. The van der Waals surface area contributed by atoms with Crippen molar-refractivity contribution in [2.75, 3.05) is 0 Å². The van der Waals surface area contributed by atoms with Crippen molar-refractivity contribution in [2.24, 2.45) is 0 Å². The molecule has 0 aliphatic rings. The summed E-state index contributed by atoms with van der Waals surface area (Å²) in [6.45, 7) is 4.61. The Bertz CT molecular complexity index is 798. The first-order valence-corrected chi connectivity index (χ1v) is 7.67. The second kappa shape index (κ2) is 5.86. The van der Waals surface area contributed by atoms with E-state index in [1.54, 1.807) is 0 Å². The summed E-state index contributed by atoms with van der Waals surface area (Å²) >= 11 is 3.47. The zero-order valence-corrected chi connectivity index (χ0v) is 13.6. The summed E-state index contributed by atoms with van der Waals surface area (Å²) in [5.41, 5.74) is 4.32. The molecule has 0 amide bonds. The van der Waals surface area contributed by atoms with Crippen molar-refractivity contribution in [1.29, 1.82) is 0 Å². The molecule has 0 N–H and O–H groups in total. The average Bonchev–Trinajstić information content (AvgIpc) is 2.46. The first-order chi connectivity index (χ1) is 10.1. The molecule has 1 aromatic heterocycles. The van der Waals surface area contributed by atoms with E-state index in [1.807, 2.05) is 37.3 Å². The fourth-order valence-corrected chi connectivity index (χ4v) is 2.92. The fraction of sp³-hybridized carbons (Fsp3) is 0.167. The number of benzene rings is 2. The Hall–Kier alpha value is -1.87. The number of ether oxygens (including phenoxy) is 1. The van der Waals surface area contributed by atoms with E-state index in [0.717, 1.165) is 32.4 Å². The summed E-state index contributed by atoms with van der Waals surface area (Å²) in [4.78, 5) is 4.56. The molecule has 21 heavy (non-hydrogen) atoms. The van der Waals surface area contributed by atoms with Crippen LogP contribution in [-0.4, -0.2) is 4.98 Å². The van der Waals surface area contributed by atoms with Crippen molar-refractivity contribution in [2.45, 2.75) is 20.5 Å². The first kappa shape index (κ1) is 14.1. The van der Waals surface area contributed by atoms with Gasteiger partial charge >= 0.3 is 0 Å². The maximum atomic E-state index is 5.99. The van der Waals surface area contributed by atoms with Crippen molar-refractivity contribution in [3.63, 3.8) is 0 Å². The van der Waals surface area contributed by atoms with Crippen molar-refractivity contribution < 1.29 is 4.74 Å². The second-order valence-corrected chi connectivity index (χ2v) is 6.05. The topological polar surface area (TPSA) is 22.1 Å². The summed E-state index contributed by atoms with van der Waals surface area (Å²) < 4.78 is 7.06. The largest absolute Gasteiger partial charge is 0.489 e. The molecule has 3 rings (SSSR count). The van der Waals surface area contributed by atoms with Gasteiger partial charge in [0, 0.05) is 21.1 Å². The monoisotopic (exact) mass is 341 g/mol. The van der Waals surface area contributed by atoms with Crippen molar-refractivity contribution in [1.82, 2.24) is 4.98 Å². The van der Waals surface area contributed by atoms with Gasteiger partial charge in [0.15, 0.2) is 0 Å². The van der Waals surface area contributed by atoms with Gasteiger partial charge in [0.1, 0.15) is 12.4 Å². The highest BCUT2D eigenvalue weighted by Gasteiger charge is 2.06. The van der Waals surface area contributed by atoms with Crippen molar-refractivity contribution >= 4 is 26.8 Å². The van der Waals surface area contributed by atoms with E-state index >= 15 is 0 Å². The van der Waals surface area contributed by atoms with E-state index in [2.05, 4.69) is 46.0 Å². The minimum absolute atomic E-state index is 0.548. The molecule has 0 bridgehead atoms. The highest BCUT2D eigenvalue weighted by molar-refractivity contribution is 9.10. The third-order valence-electron chi connectivity index (χ3n) is 3.45. The third-order valence-corrected chi connectivity index (χ3v) is 3.94. The lowest BCUT2D eigenvalue weighted by molar-refractivity contribution is 0.305. The van der Waals surface area contributed by atoms with E-state index < -0.39 is 0 Å². The number of nitrogens with zero attached hydrogens (tertiary/aromatic N) is 1. The molecule has 2 nitrogen and oxygen atoms in total. The summed E-state index contributed by atoms with van der Waals surface area (Å²) in [6, 6.07) is 16.3.